The van der Waals surface area contributed by atoms with Crippen LogP contribution in [0.3, 0.4) is 0 Å². The summed E-state index contributed by atoms with van der Waals surface area (Å²) in [7, 11) is 1.82. The van der Waals surface area contributed by atoms with Gasteiger partial charge >= 0.3 is 0 Å². The van der Waals surface area contributed by atoms with Gasteiger partial charge in [0, 0.05) is 26.2 Å². The van der Waals surface area contributed by atoms with Crippen LogP contribution in [0, 0.1) is 6.92 Å². The third-order valence-electron chi connectivity index (χ3n) is 4.76. The Bertz CT molecular complexity index is 730. The van der Waals surface area contributed by atoms with Gasteiger partial charge in [0.25, 0.3) is 0 Å². The van der Waals surface area contributed by atoms with Crippen LogP contribution in [0.1, 0.15) is 25.3 Å². The van der Waals surface area contributed by atoms with Crippen molar-refractivity contribution in [1.82, 2.24) is 10.6 Å². The lowest BCUT2D eigenvalue weighted by Gasteiger charge is -2.33. The van der Waals surface area contributed by atoms with Gasteiger partial charge < -0.3 is 20.3 Å². The van der Waals surface area contributed by atoms with E-state index in [2.05, 4.69) is 64.0 Å². The fourth-order valence-corrected chi connectivity index (χ4v) is 4.07. The van der Waals surface area contributed by atoms with Crippen LogP contribution in [0.4, 0.5) is 5.00 Å². The lowest BCUT2D eigenvalue weighted by atomic mass is 10.1. The van der Waals surface area contributed by atoms with Crippen LogP contribution < -0.4 is 20.3 Å². The first-order chi connectivity index (χ1) is 13.1. The lowest BCUT2D eigenvalue weighted by molar-refractivity contribution is 0.223. The Morgan fingerprint density at radius 1 is 1.29 bits per heavy atom. The molecule has 1 aromatic heterocycles. The van der Waals surface area contributed by atoms with Gasteiger partial charge in [0.05, 0.1) is 11.5 Å². The maximum absolute atomic E-state index is 5.98. The number of nitrogens with one attached hydrogen (secondary N) is 2. The molecule has 1 saturated heterocycles. The van der Waals surface area contributed by atoms with E-state index in [1.54, 1.807) is 0 Å². The van der Waals surface area contributed by atoms with Gasteiger partial charge in [-0.1, -0.05) is 12.1 Å². The summed E-state index contributed by atoms with van der Waals surface area (Å²) in [5.74, 6) is 1.76. The van der Waals surface area contributed by atoms with Gasteiger partial charge in [-0.3, -0.25) is 4.99 Å². The Labute approximate surface area is 189 Å². The van der Waals surface area contributed by atoms with Gasteiger partial charge in [0.2, 0.25) is 0 Å². The number of aliphatic imine (C=N–C) groups is 1. The van der Waals surface area contributed by atoms with Gasteiger partial charge in [-0.25, -0.2) is 0 Å². The van der Waals surface area contributed by atoms with Crippen molar-refractivity contribution < 1.29 is 4.74 Å². The summed E-state index contributed by atoms with van der Waals surface area (Å²) in [6.07, 6.45) is 2.30. The lowest BCUT2D eigenvalue weighted by Crippen LogP contribution is -2.50. The predicted molar refractivity (Wildman–Crippen MR) is 131 cm³/mol. The summed E-state index contributed by atoms with van der Waals surface area (Å²) in [5.41, 5.74) is 1.21. The van der Waals surface area contributed by atoms with Crippen molar-refractivity contribution >= 4 is 46.3 Å². The zero-order chi connectivity index (χ0) is 19.1. The molecule has 0 spiro atoms. The zero-order valence-corrected chi connectivity index (χ0v) is 20.0. The topological polar surface area (TPSA) is 48.9 Å². The second kappa shape index (κ2) is 11.5. The summed E-state index contributed by atoms with van der Waals surface area (Å²) in [5, 5.41) is 10.5. The molecule has 2 aromatic rings. The number of rotatable bonds is 6. The first-order valence-corrected chi connectivity index (χ1v) is 10.5. The van der Waals surface area contributed by atoms with E-state index >= 15 is 0 Å². The fraction of sp³-hybridized carbons (Fsp3) is 0.476. The van der Waals surface area contributed by atoms with Crippen molar-refractivity contribution in [1.29, 1.82) is 0 Å². The Morgan fingerprint density at radius 2 is 2.07 bits per heavy atom. The molecular formula is C21H31IN4OS. The largest absolute Gasteiger partial charge is 0.489 e. The Morgan fingerprint density at radius 3 is 2.71 bits per heavy atom. The van der Waals surface area contributed by atoms with Gasteiger partial charge in [0.15, 0.2) is 5.96 Å². The third-order valence-corrected chi connectivity index (χ3v) is 5.69. The van der Waals surface area contributed by atoms with Crippen molar-refractivity contribution in [2.45, 2.75) is 38.8 Å². The number of hydrogen-bond acceptors (Lipinski definition) is 4. The minimum absolute atomic E-state index is 0. The van der Waals surface area contributed by atoms with Crippen LogP contribution in [-0.4, -0.2) is 44.8 Å². The van der Waals surface area contributed by atoms with Gasteiger partial charge in [-0.05, 0) is 61.9 Å². The van der Waals surface area contributed by atoms with Crippen molar-refractivity contribution in [3.8, 4) is 5.75 Å². The molecule has 154 valence electrons. The van der Waals surface area contributed by atoms with E-state index in [0.717, 1.165) is 37.6 Å². The van der Waals surface area contributed by atoms with Crippen LogP contribution in [0.25, 0.3) is 0 Å². The molecule has 3 rings (SSSR count). The zero-order valence-electron chi connectivity index (χ0n) is 16.9. The molecule has 7 heteroatoms. The number of anilines is 1. The second-order valence-electron chi connectivity index (χ2n) is 7.06. The molecule has 0 bridgehead atoms. The Balaban J connectivity index is 0.00000280. The maximum atomic E-state index is 5.98. The number of aryl methyl sites for hydroxylation is 1. The molecule has 0 radical (unpaired) electrons. The fourth-order valence-electron chi connectivity index (χ4n) is 3.29. The van der Waals surface area contributed by atoms with Gasteiger partial charge in [0.1, 0.15) is 11.9 Å². The molecule has 0 aliphatic carbocycles. The average Bonchev–Trinajstić information content (AvgIpc) is 3.20. The first-order valence-electron chi connectivity index (χ1n) is 9.63. The van der Waals surface area contributed by atoms with E-state index in [0.29, 0.717) is 12.6 Å². The van der Waals surface area contributed by atoms with E-state index in [9.17, 15) is 0 Å². The van der Waals surface area contributed by atoms with Gasteiger partial charge in [-0.15, -0.1) is 35.3 Å². The summed E-state index contributed by atoms with van der Waals surface area (Å²) in [4.78, 5) is 6.84. The first kappa shape index (κ1) is 22.8. The Hall–Kier alpha value is -1.48. The van der Waals surface area contributed by atoms with E-state index in [-0.39, 0.29) is 30.1 Å². The standard InChI is InChI=1S/C21H30N4OS.HI/c1-16-6-4-7-19(14-16)26-17(2)15-23-21(22-3)24-18-9-11-25(12-10-18)20-8-5-13-27-20;/h4-8,13-14,17-18H,9-12,15H2,1-3H3,(H2,22,23,24);1H. The number of benzene rings is 1. The highest BCUT2D eigenvalue weighted by atomic mass is 127. The molecule has 1 atom stereocenters. The summed E-state index contributed by atoms with van der Waals surface area (Å²) >= 11 is 1.82. The number of halogens is 1. The van der Waals surface area contributed by atoms with Crippen LogP contribution in [0.15, 0.2) is 46.8 Å². The Kier molecular flexibility index (Phi) is 9.37. The molecule has 1 aliphatic heterocycles. The minimum Gasteiger partial charge on any atom is -0.489 e. The van der Waals surface area contributed by atoms with Gasteiger partial charge in [-0.2, -0.15) is 0 Å². The summed E-state index contributed by atoms with van der Waals surface area (Å²) in [6, 6.07) is 12.9. The molecule has 1 fully saturated rings. The van der Waals surface area contributed by atoms with Crippen LogP contribution in [0.2, 0.25) is 0 Å². The molecule has 2 heterocycles. The van der Waals surface area contributed by atoms with Crippen molar-refractivity contribution in [3.63, 3.8) is 0 Å². The van der Waals surface area contributed by atoms with E-state index in [1.165, 1.54) is 10.6 Å². The number of ether oxygens (including phenoxy) is 1. The highest BCUT2D eigenvalue weighted by molar-refractivity contribution is 14.0. The molecule has 1 unspecified atom stereocenters. The second-order valence-corrected chi connectivity index (χ2v) is 7.98. The van der Waals surface area contributed by atoms with E-state index in [4.69, 9.17) is 4.74 Å². The smallest absolute Gasteiger partial charge is 0.191 e. The molecule has 28 heavy (non-hydrogen) atoms. The molecule has 2 N–H and O–H groups in total. The monoisotopic (exact) mass is 514 g/mol. The molecule has 5 nitrogen and oxygen atoms in total. The number of guanidine groups is 1. The predicted octanol–water partition coefficient (Wildman–Crippen LogP) is 4.28. The highest BCUT2D eigenvalue weighted by Crippen LogP contribution is 2.24. The van der Waals surface area contributed by atoms with Crippen LogP contribution in [0.5, 0.6) is 5.75 Å². The summed E-state index contributed by atoms with van der Waals surface area (Å²) in [6.45, 7) is 7.03. The molecule has 0 saturated carbocycles. The van der Waals surface area contributed by atoms with Crippen LogP contribution in [-0.2, 0) is 0 Å². The van der Waals surface area contributed by atoms with E-state index < -0.39 is 0 Å². The number of thiophene rings is 1. The average molecular weight is 514 g/mol. The molecule has 0 amide bonds. The minimum atomic E-state index is 0. The molecular weight excluding hydrogens is 483 g/mol. The molecule has 1 aromatic carbocycles. The van der Waals surface area contributed by atoms with Crippen molar-refractivity contribution in [3.05, 3.63) is 47.3 Å². The number of piperidine rings is 1. The van der Waals surface area contributed by atoms with E-state index in [1.807, 2.05) is 30.5 Å². The number of nitrogens with zero attached hydrogens (tertiary/aromatic N) is 2. The summed E-state index contributed by atoms with van der Waals surface area (Å²) < 4.78 is 5.98. The number of hydrogen-bond donors (Lipinski definition) is 2. The highest BCUT2D eigenvalue weighted by Gasteiger charge is 2.20. The quantitative estimate of drug-likeness (QED) is 0.344. The molecule has 1 aliphatic rings. The van der Waals surface area contributed by atoms with Crippen molar-refractivity contribution in [2.24, 2.45) is 4.99 Å². The normalized spacial score (nSPS) is 16.2. The third kappa shape index (κ3) is 6.84. The van der Waals surface area contributed by atoms with Crippen molar-refractivity contribution in [2.75, 3.05) is 31.6 Å². The SMILES string of the molecule is CN=C(NCC(C)Oc1cccc(C)c1)NC1CCN(c2cccs2)CC1.I. The van der Waals surface area contributed by atoms with Crippen LogP contribution >= 0.6 is 35.3 Å². The maximum Gasteiger partial charge on any atom is 0.191 e.